The van der Waals surface area contributed by atoms with Crippen molar-refractivity contribution in [2.75, 3.05) is 0 Å². The molecule has 0 saturated heterocycles. The van der Waals surface area contributed by atoms with Crippen molar-refractivity contribution in [1.82, 2.24) is 20.3 Å². The predicted octanol–water partition coefficient (Wildman–Crippen LogP) is 1.01. The van der Waals surface area contributed by atoms with Crippen LogP contribution in [-0.4, -0.2) is 26.0 Å². The molecule has 0 aliphatic heterocycles. The van der Waals surface area contributed by atoms with Crippen LogP contribution in [0.25, 0.3) is 0 Å². The van der Waals surface area contributed by atoms with Gasteiger partial charge in [0.25, 0.3) is 0 Å². The highest BCUT2D eigenvalue weighted by Crippen LogP contribution is 2.10. The van der Waals surface area contributed by atoms with Crippen LogP contribution in [0.4, 0.5) is 4.39 Å². The Morgan fingerprint density at radius 1 is 1.43 bits per heavy atom. The highest BCUT2D eigenvalue weighted by Gasteiger charge is 2.05. The summed E-state index contributed by atoms with van der Waals surface area (Å²) in [6, 6.07) is 4.42. The largest absolute Gasteiger partial charge is 0.392 e. The van der Waals surface area contributed by atoms with Crippen molar-refractivity contribution in [1.29, 1.82) is 0 Å². The lowest BCUT2D eigenvalue weighted by Gasteiger charge is -2.07. The average Bonchev–Trinajstić information content (AvgIpc) is 2.99. The molecule has 2 N–H and O–H groups in total. The number of nitrogens with zero attached hydrogens (tertiary/aromatic N) is 3. The zero-order valence-electron chi connectivity index (χ0n) is 11.5. The number of halogens is 1. The highest BCUT2D eigenvalue weighted by molar-refractivity contribution is 5.75. The van der Waals surface area contributed by atoms with E-state index in [2.05, 4.69) is 15.6 Å². The second-order valence-corrected chi connectivity index (χ2v) is 4.63. The van der Waals surface area contributed by atoms with Crippen LogP contribution in [0.15, 0.2) is 30.6 Å². The van der Waals surface area contributed by atoms with E-state index in [1.54, 1.807) is 29.2 Å². The molecule has 7 heteroatoms. The summed E-state index contributed by atoms with van der Waals surface area (Å²) in [5, 5.41) is 19.2. The molecule has 2 rings (SSSR count). The molecular weight excluding hydrogens is 275 g/mol. The van der Waals surface area contributed by atoms with Gasteiger partial charge in [-0.3, -0.25) is 9.48 Å². The smallest absolute Gasteiger partial charge is 0.220 e. The van der Waals surface area contributed by atoms with Gasteiger partial charge < -0.3 is 10.4 Å². The summed E-state index contributed by atoms with van der Waals surface area (Å²) in [6.07, 6.45) is 4.38. The Hall–Kier alpha value is -2.28. The van der Waals surface area contributed by atoms with Crippen molar-refractivity contribution in [2.24, 2.45) is 0 Å². The molecule has 0 bridgehead atoms. The Labute approximate surface area is 121 Å². The number of carbonyl (C=O) groups is 1. The summed E-state index contributed by atoms with van der Waals surface area (Å²) in [7, 11) is 0. The number of nitrogens with one attached hydrogen (secondary N) is 1. The number of hydrogen-bond donors (Lipinski definition) is 2. The molecule has 1 heterocycles. The number of aryl methyl sites for hydroxylation is 1. The molecule has 0 spiro atoms. The van der Waals surface area contributed by atoms with E-state index >= 15 is 0 Å². The molecule has 0 radical (unpaired) electrons. The van der Waals surface area contributed by atoms with Crippen LogP contribution < -0.4 is 5.32 Å². The van der Waals surface area contributed by atoms with Crippen LogP contribution >= 0.6 is 0 Å². The lowest BCUT2D eigenvalue weighted by Crippen LogP contribution is -2.23. The van der Waals surface area contributed by atoms with E-state index in [1.165, 1.54) is 6.07 Å². The van der Waals surface area contributed by atoms with Gasteiger partial charge in [0, 0.05) is 31.3 Å². The van der Waals surface area contributed by atoms with Crippen molar-refractivity contribution in [3.63, 3.8) is 0 Å². The van der Waals surface area contributed by atoms with Gasteiger partial charge in [-0.15, -0.1) is 5.10 Å². The standard InChI is InChI=1S/C14H17FN4O2/c15-13-4-3-11(8-12(13)10-20)9-16-14(21)2-1-6-19-7-5-17-18-19/h3-5,7-8,20H,1-2,6,9-10H2,(H,16,21). The molecule has 6 nitrogen and oxygen atoms in total. The number of aliphatic hydroxyl groups is 1. The molecule has 0 fully saturated rings. The van der Waals surface area contributed by atoms with Gasteiger partial charge in [0.15, 0.2) is 0 Å². The first-order valence-electron chi connectivity index (χ1n) is 6.68. The van der Waals surface area contributed by atoms with Crippen LogP contribution in [0.5, 0.6) is 0 Å². The molecular formula is C14H17FN4O2. The molecule has 21 heavy (non-hydrogen) atoms. The van der Waals surface area contributed by atoms with Crippen molar-refractivity contribution >= 4 is 5.91 Å². The van der Waals surface area contributed by atoms with Crippen LogP contribution in [0.3, 0.4) is 0 Å². The zero-order valence-corrected chi connectivity index (χ0v) is 11.5. The molecule has 0 aliphatic carbocycles. The molecule has 0 aliphatic rings. The van der Waals surface area contributed by atoms with Gasteiger partial charge in [-0.25, -0.2) is 4.39 Å². The van der Waals surface area contributed by atoms with Crippen LogP contribution in [-0.2, 0) is 24.5 Å². The van der Waals surface area contributed by atoms with Gasteiger partial charge in [-0.2, -0.15) is 0 Å². The average molecular weight is 292 g/mol. The molecule has 0 unspecified atom stereocenters. The zero-order chi connectivity index (χ0) is 15.1. The molecule has 112 valence electrons. The van der Waals surface area contributed by atoms with E-state index in [9.17, 15) is 9.18 Å². The van der Waals surface area contributed by atoms with Gasteiger partial charge in [-0.1, -0.05) is 11.3 Å². The summed E-state index contributed by atoms with van der Waals surface area (Å²) in [5.74, 6) is -0.523. The van der Waals surface area contributed by atoms with E-state index in [1.807, 2.05) is 0 Å². The minimum Gasteiger partial charge on any atom is -0.392 e. The van der Waals surface area contributed by atoms with Gasteiger partial charge in [0.2, 0.25) is 5.91 Å². The number of carbonyl (C=O) groups excluding carboxylic acids is 1. The first-order valence-corrected chi connectivity index (χ1v) is 6.68. The Morgan fingerprint density at radius 3 is 3.00 bits per heavy atom. The monoisotopic (exact) mass is 292 g/mol. The minimum atomic E-state index is -0.444. The Balaban J connectivity index is 1.73. The normalized spacial score (nSPS) is 10.6. The number of aliphatic hydroxyl groups excluding tert-OH is 1. The molecule has 1 aromatic heterocycles. The number of hydrogen-bond acceptors (Lipinski definition) is 4. The number of aromatic nitrogens is 3. The van der Waals surface area contributed by atoms with Crippen LogP contribution in [0, 0.1) is 5.82 Å². The van der Waals surface area contributed by atoms with Gasteiger partial charge in [0.1, 0.15) is 5.82 Å². The summed E-state index contributed by atoms with van der Waals surface area (Å²) in [6.45, 7) is 0.597. The van der Waals surface area contributed by atoms with E-state index < -0.39 is 5.82 Å². The summed E-state index contributed by atoms with van der Waals surface area (Å²) < 4.78 is 14.9. The summed E-state index contributed by atoms with van der Waals surface area (Å²) in [5.41, 5.74) is 0.984. The third kappa shape index (κ3) is 4.64. The second-order valence-electron chi connectivity index (χ2n) is 4.63. The molecule has 2 aromatic rings. The van der Waals surface area contributed by atoms with Crippen molar-refractivity contribution in [3.05, 3.63) is 47.5 Å². The molecule has 0 atom stereocenters. The first kappa shape index (κ1) is 15.1. The SMILES string of the molecule is O=C(CCCn1ccnn1)NCc1ccc(F)c(CO)c1. The van der Waals surface area contributed by atoms with E-state index in [0.717, 1.165) is 5.56 Å². The highest BCUT2D eigenvalue weighted by atomic mass is 19.1. The summed E-state index contributed by atoms with van der Waals surface area (Å²) in [4.78, 5) is 11.7. The van der Waals surface area contributed by atoms with Crippen LogP contribution in [0.2, 0.25) is 0 Å². The first-order chi connectivity index (χ1) is 10.2. The summed E-state index contributed by atoms with van der Waals surface area (Å²) >= 11 is 0. The Bertz CT molecular complexity index is 587. The number of amides is 1. The van der Waals surface area contributed by atoms with E-state index in [0.29, 0.717) is 25.9 Å². The second kappa shape index (κ2) is 7.49. The fourth-order valence-electron chi connectivity index (χ4n) is 1.90. The fraction of sp³-hybridized carbons (Fsp3) is 0.357. The van der Waals surface area contributed by atoms with E-state index in [-0.39, 0.29) is 18.1 Å². The Morgan fingerprint density at radius 2 is 2.29 bits per heavy atom. The lowest BCUT2D eigenvalue weighted by molar-refractivity contribution is -0.121. The lowest BCUT2D eigenvalue weighted by atomic mass is 10.1. The van der Waals surface area contributed by atoms with Gasteiger partial charge in [-0.05, 0) is 24.1 Å². The fourth-order valence-corrected chi connectivity index (χ4v) is 1.90. The van der Waals surface area contributed by atoms with Crippen molar-refractivity contribution in [2.45, 2.75) is 32.5 Å². The third-order valence-corrected chi connectivity index (χ3v) is 3.03. The topological polar surface area (TPSA) is 80.0 Å². The van der Waals surface area contributed by atoms with Crippen molar-refractivity contribution in [3.8, 4) is 0 Å². The van der Waals surface area contributed by atoms with Gasteiger partial charge in [0.05, 0.1) is 12.8 Å². The quantitative estimate of drug-likeness (QED) is 0.798. The predicted molar refractivity (Wildman–Crippen MR) is 73.4 cm³/mol. The molecule has 0 saturated carbocycles. The van der Waals surface area contributed by atoms with Gasteiger partial charge >= 0.3 is 0 Å². The maximum atomic E-state index is 13.2. The van der Waals surface area contributed by atoms with Crippen LogP contribution in [0.1, 0.15) is 24.0 Å². The number of benzene rings is 1. The maximum Gasteiger partial charge on any atom is 0.220 e. The Kier molecular flexibility index (Phi) is 5.39. The van der Waals surface area contributed by atoms with Crippen molar-refractivity contribution < 1.29 is 14.3 Å². The molecule has 1 aromatic carbocycles. The minimum absolute atomic E-state index is 0.0787. The maximum absolute atomic E-state index is 13.2. The number of rotatable bonds is 7. The third-order valence-electron chi connectivity index (χ3n) is 3.03. The molecule has 1 amide bonds. The van der Waals surface area contributed by atoms with E-state index in [4.69, 9.17) is 5.11 Å².